The first-order chi connectivity index (χ1) is 15.6. The molecule has 1 aliphatic carbocycles. The van der Waals surface area contributed by atoms with Crippen LogP contribution in [0.15, 0.2) is 53.3 Å². The van der Waals surface area contributed by atoms with Crippen LogP contribution in [0.25, 0.3) is 0 Å². The summed E-state index contributed by atoms with van der Waals surface area (Å²) < 4.78 is 9.42. The van der Waals surface area contributed by atoms with Crippen molar-refractivity contribution in [2.24, 2.45) is 7.05 Å². The van der Waals surface area contributed by atoms with E-state index in [4.69, 9.17) is 4.74 Å². The molecule has 0 radical (unpaired) electrons. The van der Waals surface area contributed by atoms with E-state index >= 15 is 0 Å². The molecule has 3 aromatic rings. The van der Waals surface area contributed by atoms with Crippen molar-refractivity contribution in [2.75, 3.05) is 13.1 Å². The van der Waals surface area contributed by atoms with Crippen LogP contribution in [0, 0.1) is 0 Å². The molecule has 7 nitrogen and oxygen atoms in total. The van der Waals surface area contributed by atoms with Crippen molar-refractivity contribution in [1.82, 2.24) is 19.2 Å². The number of para-hydroxylation sites is 2. The van der Waals surface area contributed by atoms with Gasteiger partial charge in [0.25, 0.3) is 0 Å². The minimum Gasteiger partial charge on any atom is -0.457 e. The Morgan fingerprint density at radius 1 is 0.938 bits per heavy atom. The molecule has 32 heavy (non-hydrogen) atoms. The summed E-state index contributed by atoms with van der Waals surface area (Å²) >= 11 is 0. The standard InChI is InChI=1S/C25H26N4O3/c1-27-25(31)29(17-10-11-17)23(26-27)16-12-14-28(15-13-16)24(30)22-18-6-2-4-8-20(18)32-21-9-5-3-7-19(21)22/h2-9,16-17,22H,10-15H2,1H3. The third kappa shape index (κ3) is 3.06. The van der Waals surface area contributed by atoms with Gasteiger partial charge in [-0.1, -0.05) is 36.4 Å². The molecule has 2 aliphatic heterocycles. The largest absolute Gasteiger partial charge is 0.457 e. The lowest BCUT2D eigenvalue weighted by Gasteiger charge is -2.36. The van der Waals surface area contributed by atoms with E-state index in [2.05, 4.69) is 5.10 Å². The van der Waals surface area contributed by atoms with Crippen LogP contribution in [0.1, 0.15) is 60.5 Å². The molecule has 1 amide bonds. The predicted molar refractivity (Wildman–Crippen MR) is 119 cm³/mol. The van der Waals surface area contributed by atoms with Crippen molar-refractivity contribution in [3.05, 3.63) is 76.0 Å². The van der Waals surface area contributed by atoms with Crippen LogP contribution in [-0.4, -0.2) is 38.2 Å². The average Bonchev–Trinajstić information content (AvgIpc) is 3.62. The smallest absolute Gasteiger partial charge is 0.345 e. The highest BCUT2D eigenvalue weighted by molar-refractivity contribution is 5.89. The number of hydrogen-bond donors (Lipinski definition) is 0. The molecule has 2 aromatic carbocycles. The number of hydrogen-bond acceptors (Lipinski definition) is 4. The Bertz CT molecular complexity index is 1200. The van der Waals surface area contributed by atoms with E-state index in [-0.39, 0.29) is 23.4 Å². The summed E-state index contributed by atoms with van der Waals surface area (Å²) in [5, 5.41) is 4.56. The van der Waals surface area contributed by atoms with Crippen LogP contribution in [0.2, 0.25) is 0 Å². The Morgan fingerprint density at radius 3 is 2.12 bits per heavy atom. The summed E-state index contributed by atoms with van der Waals surface area (Å²) in [5.74, 6) is 2.37. The lowest BCUT2D eigenvalue weighted by atomic mass is 9.86. The minimum absolute atomic E-state index is 0.0172. The maximum atomic E-state index is 13.8. The Hall–Kier alpha value is -3.35. The second kappa shape index (κ2) is 7.36. The van der Waals surface area contributed by atoms with E-state index in [0.29, 0.717) is 19.1 Å². The molecular formula is C25H26N4O3. The number of nitrogens with zero attached hydrogens (tertiary/aromatic N) is 4. The number of carbonyl (C=O) groups excluding carboxylic acids is 1. The topological polar surface area (TPSA) is 69.4 Å². The summed E-state index contributed by atoms with van der Waals surface area (Å²) in [6, 6.07) is 15.9. The quantitative estimate of drug-likeness (QED) is 0.637. The highest BCUT2D eigenvalue weighted by atomic mass is 16.5. The van der Waals surface area contributed by atoms with Crippen molar-refractivity contribution in [3.8, 4) is 11.5 Å². The highest BCUT2D eigenvalue weighted by Crippen LogP contribution is 2.45. The molecule has 0 unspecified atom stereocenters. The highest BCUT2D eigenvalue weighted by Gasteiger charge is 2.38. The molecule has 0 atom stereocenters. The van der Waals surface area contributed by atoms with Crippen molar-refractivity contribution >= 4 is 5.91 Å². The van der Waals surface area contributed by atoms with Crippen LogP contribution < -0.4 is 10.4 Å². The maximum Gasteiger partial charge on any atom is 0.345 e. The van der Waals surface area contributed by atoms with E-state index in [9.17, 15) is 9.59 Å². The summed E-state index contributed by atoms with van der Waals surface area (Å²) in [4.78, 5) is 28.2. The number of rotatable bonds is 3. The fourth-order valence-electron chi connectivity index (χ4n) is 5.17. The second-order valence-electron chi connectivity index (χ2n) is 9.08. The van der Waals surface area contributed by atoms with Gasteiger partial charge in [-0.25, -0.2) is 9.48 Å². The number of carbonyl (C=O) groups is 1. The Morgan fingerprint density at radius 2 is 1.53 bits per heavy atom. The molecule has 0 N–H and O–H groups in total. The van der Waals surface area contributed by atoms with Gasteiger partial charge in [0, 0.05) is 43.2 Å². The summed E-state index contributed by atoms with van der Waals surface area (Å²) in [5.41, 5.74) is 1.83. The number of piperidine rings is 1. The van der Waals surface area contributed by atoms with E-state index in [1.54, 1.807) is 7.05 Å². The zero-order chi connectivity index (χ0) is 21.8. The zero-order valence-corrected chi connectivity index (χ0v) is 18.1. The Balaban J connectivity index is 1.25. The van der Waals surface area contributed by atoms with Crippen molar-refractivity contribution < 1.29 is 9.53 Å². The fraction of sp³-hybridized carbons (Fsp3) is 0.400. The van der Waals surface area contributed by atoms with Gasteiger partial charge in [-0.15, -0.1) is 0 Å². The van der Waals surface area contributed by atoms with Gasteiger partial charge >= 0.3 is 5.69 Å². The molecular weight excluding hydrogens is 404 g/mol. The summed E-state index contributed by atoms with van der Waals surface area (Å²) in [6.07, 6.45) is 3.75. The lowest BCUT2D eigenvalue weighted by molar-refractivity contribution is -0.133. The van der Waals surface area contributed by atoms with Crippen LogP contribution in [0.4, 0.5) is 0 Å². The fourth-order valence-corrected chi connectivity index (χ4v) is 5.17. The Kier molecular flexibility index (Phi) is 4.45. The molecule has 2 fully saturated rings. The van der Waals surface area contributed by atoms with Gasteiger partial charge in [0.1, 0.15) is 17.3 Å². The number of ether oxygens (including phenoxy) is 1. The average molecular weight is 431 g/mol. The van der Waals surface area contributed by atoms with E-state index in [1.807, 2.05) is 58.0 Å². The SMILES string of the molecule is Cn1nc(C2CCN(C(=O)C3c4ccccc4Oc4ccccc43)CC2)n(C2CC2)c1=O. The molecule has 164 valence electrons. The minimum atomic E-state index is -0.354. The lowest BCUT2D eigenvalue weighted by Crippen LogP contribution is -2.42. The molecule has 0 spiro atoms. The third-order valence-corrected chi connectivity index (χ3v) is 6.99. The summed E-state index contributed by atoms with van der Waals surface area (Å²) in [6.45, 7) is 1.33. The third-order valence-electron chi connectivity index (χ3n) is 6.99. The predicted octanol–water partition coefficient (Wildman–Crippen LogP) is 3.56. The van der Waals surface area contributed by atoms with Gasteiger partial charge in [-0.05, 0) is 37.8 Å². The van der Waals surface area contributed by atoms with Gasteiger partial charge in [0.2, 0.25) is 5.91 Å². The first-order valence-corrected chi connectivity index (χ1v) is 11.4. The number of aromatic nitrogens is 3. The molecule has 1 saturated heterocycles. The molecule has 7 heteroatoms. The monoisotopic (exact) mass is 430 g/mol. The molecule has 1 saturated carbocycles. The summed E-state index contributed by atoms with van der Waals surface area (Å²) in [7, 11) is 1.73. The molecule has 6 rings (SSSR count). The number of benzene rings is 2. The van der Waals surface area contributed by atoms with Gasteiger partial charge in [0.05, 0.1) is 5.92 Å². The number of likely N-dealkylation sites (tertiary alicyclic amines) is 1. The van der Waals surface area contributed by atoms with E-state index in [0.717, 1.165) is 54.1 Å². The van der Waals surface area contributed by atoms with Crippen LogP contribution in [0.5, 0.6) is 11.5 Å². The number of fused-ring (bicyclic) bond motifs is 2. The van der Waals surface area contributed by atoms with E-state index in [1.165, 1.54) is 4.68 Å². The zero-order valence-electron chi connectivity index (χ0n) is 18.1. The molecule has 3 aliphatic rings. The van der Waals surface area contributed by atoms with Gasteiger partial charge in [-0.3, -0.25) is 9.36 Å². The Labute approximate surface area is 186 Å². The van der Waals surface area contributed by atoms with Crippen LogP contribution in [0.3, 0.4) is 0 Å². The molecule has 0 bridgehead atoms. The first kappa shape index (κ1) is 19.3. The molecule has 3 heterocycles. The van der Waals surface area contributed by atoms with Gasteiger partial charge < -0.3 is 9.64 Å². The first-order valence-electron chi connectivity index (χ1n) is 11.4. The molecule has 1 aromatic heterocycles. The van der Waals surface area contributed by atoms with Gasteiger partial charge in [0.15, 0.2) is 0 Å². The number of aryl methyl sites for hydroxylation is 1. The number of amides is 1. The van der Waals surface area contributed by atoms with Crippen molar-refractivity contribution in [1.29, 1.82) is 0 Å². The van der Waals surface area contributed by atoms with Crippen molar-refractivity contribution in [3.63, 3.8) is 0 Å². The second-order valence-corrected chi connectivity index (χ2v) is 9.08. The maximum absolute atomic E-state index is 13.8. The van der Waals surface area contributed by atoms with Gasteiger partial charge in [-0.2, -0.15) is 5.10 Å². The normalized spacial score (nSPS) is 18.7. The van der Waals surface area contributed by atoms with E-state index < -0.39 is 0 Å². The van der Waals surface area contributed by atoms with Crippen LogP contribution >= 0.6 is 0 Å². The van der Waals surface area contributed by atoms with Crippen molar-refractivity contribution in [2.45, 2.75) is 43.6 Å². The van der Waals surface area contributed by atoms with Crippen LogP contribution in [-0.2, 0) is 11.8 Å².